The lowest BCUT2D eigenvalue weighted by Crippen LogP contribution is -2.46. The second-order valence-corrected chi connectivity index (χ2v) is 9.91. The Balaban J connectivity index is 1.66. The monoisotopic (exact) mass is 426 g/mol. The zero-order chi connectivity index (χ0) is 22.4. The molecular weight excluding hydrogens is 392 g/mol. The van der Waals surface area contributed by atoms with Gasteiger partial charge in [0.05, 0.1) is 23.6 Å². The number of nitrogens with one attached hydrogen (secondary N) is 1. The fourth-order valence-electron chi connectivity index (χ4n) is 4.63. The van der Waals surface area contributed by atoms with Gasteiger partial charge in [0, 0.05) is 0 Å². The first-order valence-electron chi connectivity index (χ1n) is 11.4. The highest BCUT2D eigenvalue weighted by Gasteiger charge is 2.40. The van der Waals surface area contributed by atoms with E-state index in [0.29, 0.717) is 24.3 Å². The van der Waals surface area contributed by atoms with Crippen molar-refractivity contribution < 1.29 is 19.1 Å². The van der Waals surface area contributed by atoms with E-state index in [9.17, 15) is 9.59 Å². The molecule has 1 N–H and O–H groups in total. The number of benzene rings is 1. The Morgan fingerprint density at radius 1 is 1.23 bits per heavy atom. The second-order valence-electron chi connectivity index (χ2n) is 9.91. The van der Waals surface area contributed by atoms with Gasteiger partial charge in [0.25, 0.3) is 0 Å². The molecule has 1 aromatic carbocycles. The molecule has 1 aliphatic heterocycles. The molecule has 6 nitrogen and oxygen atoms in total. The van der Waals surface area contributed by atoms with Gasteiger partial charge in [0.15, 0.2) is 0 Å². The van der Waals surface area contributed by atoms with Crippen LogP contribution in [0.15, 0.2) is 24.3 Å². The van der Waals surface area contributed by atoms with E-state index in [1.807, 2.05) is 32.9 Å². The fraction of sp³-hybridized carbons (Fsp3) is 0.640. The third-order valence-electron chi connectivity index (χ3n) is 6.15. The highest BCUT2D eigenvalue weighted by molar-refractivity contribution is 5.75. The van der Waals surface area contributed by atoms with Crippen LogP contribution in [0.25, 0.3) is 0 Å². The summed E-state index contributed by atoms with van der Waals surface area (Å²) in [4.78, 5) is 25.1. The highest BCUT2D eigenvalue weighted by atomic mass is 16.6. The van der Waals surface area contributed by atoms with E-state index in [1.54, 1.807) is 12.1 Å². The van der Waals surface area contributed by atoms with Crippen molar-refractivity contribution >= 4 is 12.1 Å². The molecule has 168 valence electrons. The molecule has 2 aliphatic rings. The van der Waals surface area contributed by atoms with Gasteiger partial charge in [0.2, 0.25) is 0 Å². The number of nitriles is 1. The van der Waals surface area contributed by atoms with Crippen molar-refractivity contribution in [2.24, 2.45) is 11.8 Å². The van der Waals surface area contributed by atoms with Crippen molar-refractivity contribution in [2.45, 2.75) is 89.9 Å². The number of hydrogen-bond donors (Lipinski definition) is 1. The maximum absolute atomic E-state index is 12.6. The summed E-state index contributed by atoms with van der Waals surface area (Å²) in [5.41, 5.74) is 1.03. The van der Waals surface area contributed by atoms with Gasteiger partial charge < -0.3 is 14.8 Å². The second kappa shape index (κ2) is 10.2. The van der Waals surface area contributed by atoms with Crippen LogP contribution in [0.1, 0.15) is 76.8 Å². The lowest BCUT2D eigenvalue weighted by atomic mass is 9.82. The predicted octanol–water partition coefficient (Wildman–Crippen LogP) is 4.90. The minimum Gasteiger partial charge on any atom is -0.460 e. The molecule has 2 fully saturated rings. The largest absolute Gasteiger partial charge is 0.460 e. The molecule has 0 radical (unpaired) electrons. The average molecular weight is 427 g/mol. The molecule has 1 saturated carbocycles. The SMILES string of the molecule is CC(C)(C)OC(=O)N[C@@H](CC1CCCCC1)[C@@H]1C[C@@H](Cc2ccc(C#N)cc2)C(=O)O1. The van der Waals surface area contributed by atoms with E-state index >= 15 is 0 Å². The van der Waals surface area contributed by atoms with E-state index < -0.39 is 11.7 Å². The van der Waals surface area contributed by atoms with E-state index in [1.165, 1.54) is 19.3 Å². The summed E-state index contributed by atoms with van der Waals surface area (Å²) in [6.45, 7) is 5.52. The molecule has 0 spiro atoms. The Hall–Kier alpha value is -2.55. The maximum Gasteiger partial charge on any atom is 0.408 e. The number of esters is 1. The molecule has 1 amide bonds. The van der Waals surface area contributed by atoms with Crippen molar-refractivity contribution in [3.05, 3.63) is 35.4 Å². The molecular formula is C25H34N2O4. The first-order chi connectivity index (χ1) is 14.7. The van der Waals surface area contributed by atoms with Crippen LogP contribution in [0.4, 0.5) is 4.79 Å². The predicted molar refractivity (Wildman–Crippen MR) is 117 cm³/mol. The van der Waals surface area contributed by atoms with Gasteiger partial charge in [-0.15, -0.1) is 0 Å². The van der Waals surface area contributed by atoms with Crippen molar-refractivity contribution in [1.29, 1.82) is 5.26 Å². The van der Waals surface area contributed by atoms with Gasteiger partial charge in [-0.2, -0.15) is 5.26 Å². The summed E-state index contributed by atoms with van der Waals surface area (Å²) in [5, 5.41) is 12.0. The normalized spacial score (nSPS) is 23.0. The number of nitrogens with zero attached hydrogens (tertiary/aromatic N) is 1. The van der Waals surface area contributed by atoms with Crippen LogP contribution >= 0.6 is 0 Å². The lowest BCUT2D eigenvalue weighted by Gasteiger charge is -2.30. The number of carbonyl (C=O) groups is 2. The first-order valence-corrected chi connectivity index (χ1v) is 11.4. The molecule has 0 bridgehead atoms. The van der Waals surface area contributed by atoms with Gasteiger partial charge in [-0.05, 0) is 63.6 Å². The topological polar surface area (TPSA) is 88.4 Å². The van der Waals surface area contributed by atoms with Crippen LogP contribution in [0.3, 0.4) is 0 Å². The standard InChI is InChI=1S/C25H34N2O4/c1-25(2,3)31-24(29)27-21(14-17-7-5-4-6-8-17)22-15-20(23(28)30-22)13-18-9-11-19(16-26)12-10-18/h9-12,17,20-22H,4-8,13-15H2,1-3H3,(H,27,29)/t20-,21+,22+/m1/s1. The van der Waals surface area contributed by atoms with Crippen molar-refractivity contribution in [3.8, 4) is 6.07 Å². The van der Waals surface area contributed by atoms with Crippen LogP contribution < -0.4 is 5.32 Å². The number of hydrogen-bond acceptors (Lipinski definition) is 5. The number of carbonyl (C=O) groups excluding carboxylic acids is 2. The number of amides is 1. The van der Waals surface area contributed by atoms with E-state index in [4.69, 9.17) is 14.7 Å². The van der Waals surface area contributed by atoms with Crippen molar-refractivity contribution in [2.75, 3.05) is 0 Å². The maximum atomic E-state index is 12.6. The quantitative estimate of drug-likeness (QED) is 0.654. The minimum absolute atomic E-state index is 0.214. The Morgan fingerprint density at radius 2 is 1.90 bits per heavy atom. The highest BCUT2D eigenvalue weighted by Crippen LogP contribution is 2.33. The average Bonchev–Trinajstić information content (AvgIpc) is 3.08. The molecule has 1 heterocycles. The van der Waals surface area contributed by atoms with Gasteiger partial charge in [-0.1, -0.05) is 44.2 Å². The third kappa shape index (κ3) is 6.99. The number of ether oxygens (including phenoxy) is 2. The molecule has 3 atom stereocenters. The van der Waals surface area contributed by atoms with Crippen molar-refractivity contribution in [3.63, 3.8) is 0 Å². The molecule has 31 heavy (non-hydrogen) atoms. The van der Waals surface area contributed by atoms with Gasteiger partial charge >= 0.3 is 12.1 Å². The summed E-state index contributed by atoms with van der Waals surface area (Å²) < 4.78 is 11.2. The molecule has 6 heteroatoms. The van der Waals surface area contributed by atoms with Crippen LogP contribution in [0, 0.1) is 23.2 Å². The zero-order valence-corrected chi connectivity index (χ0v) is 18.9. The van der Waals surface area contributed by atoms with Gasteiger partial charge in [-0.3, -0.25) is 4.79 Å². The summed E-state index contributed by atoms with van der Waals surface area (Å²) in [6, 6.07) is 9.17. The fourth-order valence-corrected chi connectivity index (χ4v) is 4.63. The van der Waals surface area contributed by atoms with Crippen molar-refractivity contribution in [1.82, 2.24) is 5.32 Å². The minimum atomic E-state index is -0.579. The smallest absolute Gasteiger partial charge is 0.408 e. The molecule has 0 unspecified atom stereocenters. The van der Waals surface area contributed by atoms with Crippen LogP contribution in [0.5, 0.6) is 0 Å². The third-order valence-corrected chi connectivity index (χ3v) is 6.15. The van der Waals surface area contributed by atoms with E-state index in [-0.39, 0.29) is 24.0 Å². The van der Waals surface area contributed by atoms with Crippen LogP contribution in [0.2, 0.25) is 0 Å². The molecule has 1 aliphatic carbocycles. The molecule has 1 saturated heterocycles. The van der Waals surface area contributed by atoms with E-state index in [2.05, 4.69) is 11.4 Å². The Morgan fingerprint density at radius 3 is 2.52 bits per heavy atom. The molecule has 0 aromatic heterocycles. The number of cyclic esters (lactones) is 1. The summed E-state index contributed by atoms with van der Waals surface area (Å²) in [6.07, 6.45) is 7.17. The van der Waals surface area contributed by atoms with Crippen LogP contribution in [-0.4, -0.2) is 29.8 Å². The first kappa shape index (κ1) is 23.1. The number of alkyl carbamates (subject to hydrolysis) is 1. The lowest BCUT2D eigenvalue weighted by molar-refractivity contribution is -0.145. The van der Waals surface area contributed by atoms with E-state index in [0.717, 1.165) is 24.8 Å². The molecule has 1 aromatic rings. The zero-order valence-electron chi connectivity index (χ0n) is 18.9. The van der Waals surface area contributed by atoms with Gasteiger partial charge in [-0.25, -0.2) is 4.79 Å². The summed E-state index contributed by atoms with van der Waals surface area (Å²) >= 11 is 0. The van der Waals surface area contributed by atoms with Crippen LogP contribution in [-0.2, 0) is 20.7 Å². The Bertz CT molecular complexity index is 800. The summed E-state index contributed by atoms with van der Waals surface area (Å²) in [7, 11) is 0. The Labute approximate surface area is 185 Å². The summed E-state index contributed by atoms with van der Waals surface area (Å²) in [5.74, 6) is 0.0752. The molecule has 3 rings (SSSR count). The Kier molecular flexibility index (Phi) is 7.59. The number of rotatable bonds is 6. The van der Waals surface area contributed by atoms with Gasteiger partial charge in [0.1, 0.15) is 11.7 Å².